The summed E-state index contributed by atoms with van der Waals surface area (Å²) >= 11 is 1.31. The van der Waals surface area contributed by atoms with Crippen molar-refractivity contribution in [2.75, 3.05) is 17.7 Å². The number of aryl methyl sites for hydroxylation is 1. The zero-order valence-electron chi connectivity index (χ0n) is 15.1. The van der Waals surface area contributed by atoms with Gasteiger partial charge in [0.05, 0.1) is 23.5 Å². The van der Waals surface area contributed by atoms with Crippen LogP contribution in [0.15, 0.2) is 48.5 Å². The van der Waals surface area contributed by atoms with Crippen molar-refractivity contribution in [3.63, 3.8) is 0 Å². The molecule has 6 heteroatoms. The van der Waals surface area contributed by atoms with Gasteiger partial charge in [0.15, 0.2) is 0 Å². The number of hydrogen-bond donors (Lipinski definition) is 2. The number of thiophene rings is 1. The number of carbonyl (C=O) groups is 1. The van der Waals surface area contributed by atoms with Crippen molar-refractivity contribution in [1.29, 1.82) is 0 Å². The minimum atomic E-state index is -0.261. The molecule has 0 fully saturated rings. The normalized spacial score (nSPS) is 11.0. The summed E-state index contributed by atoms with van der Waals surface area (Å²) in [5.41, 5.74) is 9.40. The van der Waals surface area contributed by atoms with Gasteiger partial charge in [-0.3, -0.25) is 4.79 Å². The summed E-state index contributed by atoms with van der Waals surface area (Å²) in [6, 6.07) is 15.4. The number of pyridine rings is 1. The summed E-state index contributed by atoms with van der Waals surface area (Å²) in [7, 11) is 0. The van der Waals surface area contributed by atoms with Crippen LogP contribution in [0.3, 0.4) is 0 Å². The first-order valence-electron chi connectivity index (χ1n) is 8.70. The second-order valence-electron chi connectivity index (χ2n) is 6.22. The van der Waals surface area contributed by atoms with Crippen molar-refractivity contribution >= 4 is 49.7 Å². The smallest absolute Gasteiger partial charge is 0.268 e. The number of amides is 1. The molecule has 4 rings (SSSR count). The molecule has 2 aromatic heterocycles. The van der Waals surface area contributed by atoms with Crippen molar-refractivity contribution in [2.45, 2.75) is 13.8 Å². The first kappa shape index (κ1) is 17.3. The first-order valence-corrected chi connectivity index (χ1v) is 9.51. The summed E-state index contributed by atoms with van der Waals surface area (Å²) in [6.07, 6.45) is 0. The summed E-state index contributed by atoms with van der Waals surface area (Å²) in [6.45, 7) is 4.45. The number of fused-ring (bicyclic) bond motifs is 2. The van der Waals surface area contributed by atoms with Gasteiger partial charge in [0.25, 0.3) is 5.91 Å². The van der Waals surface area contributed by atoms with E-state index in [1.807, 2.05) is 62.4 Å². The van der Waals surface area contributed by atoms with Crippen LogP contribution in [0, 0.1) is 6.92 Å². The monoisotopic (exact) mass is 377 g/mol. The average Bonchev–Trinajstić information content (AvgIpc) is 2.99. The van der Waals surface area contributed by atoms with Crippen LogP contribution >= 0.6 is 11.3 Å². The third-order valence-electron chi connectivity index (χ3n) is 4.39. The van der Waals surface area contributed by atoms with Crippen LogP contribution in [-0.2, 0) is 0 Å². The Morgan fingerprint density at radius 3 is 2.85 bits per heavy atom. The molecule has 0 saturated heterocycles. The number of para-hydroxylation sites is 3. The van der Waals surface area contributed by atoms with Gasteiger partial charge in [-0.2, -0.15) is 0 Å². The fourth-order valence-electron chi connectivity index (χ4n) is 3.07. The van der Waals surface area contributed by atoms with Crippen molar-refractivity contribution in [3.8, 4) is 5.75 Å². The van der Waals surface area contributed by atoms with Crippen LogP contribution in [0.4, 0.5) is 11.4 Å². The highest BCUT2D eigenvalue weighted by Gasteiger charge is 2.19. The minimum Gasteiger partial charge on any atom is -0.492 e. The lowest BCUT2D eigenvalue weighted by atomic mass is 10.1. The Hall–Kier alpha value is -3.12. The molecule has 27 heavy (non-hydrogen) atoms. The van der Waals surface area contributed by atoms with Gasteiger partial charge in [-0.15, -0.1) is 11.3 Å². The van der Waals surface area contributed by atoms with Crippen LogP contribution < -0.4 is 15.8 Å². The van der Waals surface area contributed by atoms with Crippen LogP contribution in [0.5, 0.6) is 5.75 Å². The highest BCUT2D eigenvalue weighted by molar-refractivity contribution is 7.21. The van der Waals surface area contributed by atoms with Gasteiger partial charge < -0.3 is 15.8 Å². The van der Waals surface area contributed by atoms with Gasteiger partial charge in [-0.25, -0.2) is 4.98 Å². The van der Waals surface area contributed by atoms with Gasteiger partial charge in [0, 0.05) is 10.8 Å². The predicted octanol–water partition coefficient (Wildman–Crippen LogP) is 4.99. The Balaban J connectivity index is 1.75. The molecule has 4 aromatic rings. The van der Waals surface area contributed by atoms with Crippen LogP contribution in [0.25, 0.3) is 21.1 Å². The maximum atomic E-state index is 12.9. The maximum Gasteiger partial charge on any atom is 0.268 e. The molecule has 5 nitrogen and oxygen atoms in total. The summed E-state index contributed by atoms with van der Waals surface area (Å²) in [5, 5.41) is 4.73. The van der Waals surface area contributed by atoms with Gasteiger partial charge in [0.2, 0.25) is 0 Å². The summed E-state index contributed by atoms with van der Waals surface area (Å²) in [4.78, 5) is 18.8. The van der Waals surface area contributed by atoms with E-state index < -0.39 is 0 Å². The third-order valence-corrected chi connectivity index (χ3v) is 5.50. The van der Waals surface area contributed by atoms with E-state index in [1.54, 1.807) is 0 Å². The molecular weight excluding hydrogens is 358 g/mol. The number of hydrogen-bond acceptors (Lipinski definition) is 5. The van der Waals surface area contributed by atoms with E-state index in [9.17, 15) is 4.79 Å². The minimum absolute atomic E-state index is 0.261. The zero-order chi connectivity index (χ0) is 19.0. The summed E-state index contributed by atoms with van der Waals surface area (Å²) < 4.78 is 5.57. The maximum absolute atomic E-state index is 12.9. The number of carbonyl (C=O) groups excluding carboxylic acids is 1. The Bertz CT molecular complexity index is 1170. The molecular formula is C21H19N3O2S. The highest BCUT2D eigenvalue weighted by atomic mass is 32.1. The second-order valence-corrected chi connectivity index (χ2v) is 7.21. The molecule has 0 bridgehead atoms. The second kappa shape index (κ2) is 6.89. The standard InChI is InChI=1S/C21H19N3O2S/c1-3-26-16-10-5-4-9-15(16)23-20(25)19-17(22)14-11-13-8-6-7-12(2)18(13)24-21(14)27-19/h4-11H,3,22H2,1-2H3,(H,23,25). The number of nitrogens with two attached hydrogens (primary N) is 1. The van der Waals surface area contributed by atoms with E-state index in [4.69, 9.17) is 15.5 Å². The number of nitrogens with one attached hydrogen (secondary N) is 1. The van der Waals surface area contributed by atoms with Crippen molar-refractivity contribution < 1.29 is 9.53 Å². The molecule has 2 aromatic carbocycles. The molecule has 136 valence electrons. The number of nitrogen functional groups attached to an aromatic ring is 1. The van der Waals surface area contributed by atoms with E-state index >= 15 is 0 Å². The molecule has 0 saturated carbocycles. The lowest BCUT2D eigenvalue weighted by Gasteiger charge is -2.10. The Labute approximate surface area is 160 Å². The number of nitrogens with zero attached hydrogens (tertiary/aromatic N) is 1. The van der Waals surface area contributed by atoms with Crippen LogP contribution in [0.1, 0.15) is 22.2 Å². The number of benzene rings is 2. The van der Waals surface area contributed by atoms with Crippen molar-refractivity contribution in [1.82, 2.24) is 4.98 Å². The molecule has 0 radical (unpaired) electrons. The van der Waals surface area contributed by atoms with Crippen molar-refractivity contribution in [2.24, 2.45) is 0 Å². The number of aromatic nitrogens is 1. The van der Waals surface area contributed by atoms with E-state index in [-0.39, 0.29) is 5.91 Å². The number of anilines is 2. The van der Waals surface area contributed by atoms with E-state index in [0.29, 0.717) is 28.6 Å². The van der Waals surface area contributed by atoms with E-state index in [0.717, 1.165) is 26.7 Å². The quantitative estimate of drug-likeness (QED) is 0.525. The predicted molar refractivity (Wildman–Crippen MR) is 112 cm³/mol. The molecule has 3 N–H and O–H groups in total. The lowest BCUT2D eigenvalue weighted by molar-refractivity contribution is 0.103. The number of rotatable bonds is 4. The number of ether oxygens (including phenoxy) is 1. The molecule has 0 unspecified atom stereocenters. The molecule has 0 aliphatic heterocycles. The third kappa shape index (κ3) is 3.08. The Kier molecular flexibility index (Phi) is 4.41. The first-order chi connectivity index (χ1) is 13.1. The SMILES string of the molecule is CCOc1ccccc1NC(=O)c1sc2nc3c(C)cccc3cc2c1N. The van der Waals surface area contributed by atoms with E-state index in [1.165, 1.54) is 11.3 Å². The zero-order valence-corrected chi connectivity index (χ0v) is 15.9. The molecule has 0 aliphatic carbocycles. The molecule has 1 amide bonds. The lowest BCUT2D eigenvalue weighted by Crippen LogP contribution is -2.13. The molecule has 0 aliphatic rings. The van der Waals surface area contributed by atoms with Gasteiger partial charge >= 0.3 is 0 Å². The fourth-order valence-corrected chi connectivity index (χ4v) is 4.05. The van der Waals surface area contributed by atoms with Crippen molar-refractivity contribution in [3.05, 3.63) is 59.0 Å². The Morgan fingerprint density at radius 1 is 1.22 bits per heavy atom. The summed E-state index contributed by atoms with van der Waals surface area (Å²) in [5.74, 6) is 0.371. The largest absolute Gasteiger partial charge is 0.492 e. The van der Waals surface area contributed by atoms with Gasteiger partial charge in [-0.1, -0.05) is 30.3 Å². The fraction of sp³-hybridized carbons (Fsp3) is 0.143. The molecule has 2 heterocycles. The average molecular weight is 377 g/mol. The highest BCUT2D eigenvalue weighted by Crippen LogP contribution is 2.36. The topological polar surface area (TPSA) is 77.2 Å². The molecule has 0 spiro atoms. The van der Waals surface area contributed by atoms with Gasteiger partial charge in [-0.05, 0) is 37.6 Å². The van der Waals surface area contributed by atoms with Gasteiger partial charge in [0.1, 0.15) is 15.5 Å². The van der Waals surface area contributed by atoms with E-state index in [2.05, 4.69) is 5.32 Å². The Morgan fingerprint density at radius 2 is 2.04 bits per heavy atom. The molecule has 0 atom stereocenters. The van der Waals surface area contributed by atoms with Crippen LogP contribution in [0.2, 0.25) is 0 Å². The van der Waals surface area contributed by atoms with Crippen LogP contribution in [-0.4, -0.2) is 17.5 Å².